The van der Waals surface area contributed by atoms with Gasteiger partial charge in [-0.25, -0.2) is 0 Å². The number of hydrogen-bond donors (Lipinski definition) is 2. The van der Waals surface area contributed by atoms with Crippen molar-refractivity contribution >= 4 is 29.9 Å². The van der Waals surface area contributed by atoms with Crippen LogP contribution in [-0.2, 0) is 4.79 Å². The van der Waals surface area contributed by atoms with Crippen LogP contribution in [0, 0.1) is 0 Å². The summed E-state index contributed by atoms with van der Waals surface area (Å²) in [5.41, 5.74) is 6.41. The number of nitrogens with zero attached hydrogens (tertiary/aromatic N) is 2. The maximum atomic E-state index is 11.8. The Balaban J connectivity index is 0.00000264. The second kappa shape index (κ2) is 8.86. The molecule has 8 heteroatoms. The van der Waals surface area contributed by atoms with Crippen LogP contribution in [0.25, 0.3) is 11.5 Å². The number of carbonyl (C=O) groups excluding carboxylic acids is 1. The van der Waals surface area contributed by atoms with Crippen LogP contribution in [0.15, 0.2) is 28.8 Å². The minimum absolute atomic E-state index is 0. The molecular formula is C15H20Cl2N4O2. The van der Waals surface area contributed by atoms with Gasteiger partial charge in [-0.05, 0) is 44.5 Å². The van der Waals surface area contributed by atoms with Crippen LogP contribution >= 0.6 is 24.0 Å². The van der Waals surface area contributed by atoms with Crippen molar-refractivity contribution in [2.75, 3.05) is 0 Å². The molecule has 2 aromatic rings. The van der Waals surface area contributed by atoms with Crippen molar-refractivity contribution in [2.24, 2.45) is 5.73 Å². The van der Waals surface area contributed by atoms with Crippen LogP contribution in [0.3, 0.4) is 0 Å². The molecular weight excluding hydrogens is 339 g/mol. The van der Waals surface area contributed by atoms with Crippen LogP contribution in [0.2, 0.25) is 5.02 Å². The molecule has 0 saturated carbocycles. The monoisotopic (exact) mass is 358 g/mol. The number of nitrogens with one attached hydrogen (secondary N) is 1. The Bertz CT molecular complexity index is 629. The fraction of sp³-hybridized carbons (Fsp3) is 0.400. The van der Waals surface area contributed by atoms with Gasteiger partial charge >= 0.3 is 0 Å². The van der Waals surface area contributed by atoms with E-state index in [1.807, 2.05) is 6.92 Å². The lowest BCUT2D eigenvalue weighted by Gasteiger charge is -2.10. The molecule has 2 atom stereocenters. The Morgan fingerprint density at radius 3 is 2.61 bits per heavy atom. The van der Waals surface area contributed by atoms with E-state index in [1.54, 1.807) is 31.2 Å². The molecule has 0 radical (unpaired) electrons. The second-order valence-corrected chi connectivity index (χ2v) is 5.71. The van der Waals surface area contributed by atoms with Crippen LogP contribution in [-0.4, -0.2) is 22.1 Å². The summed E-state index contributed by atoms with van der Waals surface area (Å²) in [5, 5.41) is 7.37. The molecule has 6 nitrogen and oxygen atoms in total. The molecule has 23 heavy (non-hydrogen) atoms. The zero-order valence-corrected chi connectivity index (χ0v) is 14.5. The first-order valence-electron chi connectivity index (χ1n) is 7.10. The number of carbonyl (C=O) groups is 1. The fourth-order valence-electron chi connectivity index (χ4n) is 1.86. The van der Waals surface area contributed by atoms with Gasteiger partial charge in [0.2, 0.25) is 5.91 Å². The van der Waals surface area contributed by atoms with Crippen molar-refractivity contribution < 1.29 is 9.32 Å². The Labute approximate surface area is 146 Å². The van der Waals surface area contributed by atoms with E-state index in [0.717, 1.165) is 5.56 Å². The maximum Gasteiger partial charge on any atom is 0.257 e. The summed E-state index contributed by atoms with van der Waals surface area (Å²) in [5.74, 6) is 0.741. The third-order valence-electron chi connectivity index (χ3n) is 3.12. The van der Waals surface area contributed by atoms with E-state index in [2.05, 4.69) is 15.5 Å². The number of hydrogen-bond acceptors (Lipinski definition) is 5. The molecule has 2 rings (SSSR count). The number of benzene rings is 1. The summed E-state index contributed by atoms with van der Waals surface area (Å²) < 4.78 is 5.22. The van der Waals surface area contributed by atoms with Gasteiger partial charge in [0.25, 0.3) is 5.89 Å². The van der Waals surface area contributed by atoms with E-state index in [1.165, 1.54) is 0 Å². The normalized spacial score (nSPS) is 13.0. The first kappa shape index (κ1) is 19.4. The Kier molecular flexibility index (Phi) is 7.48. The minimum Gasteiger partial charge on any atom is -0.346 e. The van der Waals surface area contributed by atoms with Crippen molar-refractivity contribution in [3.63, 3.8) is 0 Å². The fourth-order valence-corrected chi connectivity index (χ4v) is 1.98. The maximum absolute atomic E-state index is 11.8. The second-order valence-electron chi connectivity index (χ2n) is 5.27. The average molecular weight is 359 g/mol. The third kappa shape index (κ3) is 5.82. The molecule has 1 aromatic carbocycles. The highest BCUT2D eigenvalue weighted by atomic mass is 35.5. The number of aromatic nitrogens is 2. The Hall–Kier alpha value is -1.63. The van der Waals surface area contributed by atoms with Gasteiger partial charge in [0, 0.05) is 23.0 Å². The molecule has 0 fully saturated rings. The molecule has 0 spiro atoms. The van der Waals surface area contributed by atoms with E-state index in [4.69, 9.17) is 21.9 Å². The first-order valence-corrected chi connectivity index (χ1v) is 7.48. The molecule has 2 unspecified atom stereocenters. The van der Waals surface area contributed by atoms with Crippen LogP contribution < -0.4 is 11.1 Å². The van der Waals surface area contributed by atoms with Gasteiger partial charge < -0.3 is 15.6 Å². The highest BCUT2D eigenvalue weighted by Gasteiger charge is 2.17. The SMILES string of the molecule is CC(N)CCC(=O)NC(C)c1noc(-c2ccc(Cl)cc2)n1.Cl. The van der Waals surface area contributed by atoms with Gasteiger partial charge in [0.15, 0.2) is 5.82 Å². The van der Waals surface area contributed by atoms with Crippen LogP contribution in [0.1, 0.15) is 38.6 Å². The van der Waals surface area contributed by atoms with E-state index in [-0.39, 0.29) is 30.4 Å². The van der Waals surface area contributed by atoms with Crippen LogP contribution in [0.4, 0.5) is 0 Å². The summed E-state index contributed by atoms with van der Waals surface area (Å²) in [6.45, 7) is 3.68. The number of nitrogens with two attached hydrogens (primary N) is 1. The van der Waals surface area contributed by atoms with Crippen molar-refractivity contribution in [1.29, 1.82) is 0 Å². The highest BCUT2D eigenvalue weighted by molar-refractivity contribution is 6.30. The molecule has 3 N–H and O–H groups in total. The van der Waals surface area contributed by atoms with Gasteiger partial charge in [-0.3, -0.25) is 4.79 Å². The van der Waals surface area contributed by atoms with E-state index in [9.17, 15) is 4.79 Å². The molecule has 1 aromatic heterocycles. The number of halogens is 2. The molecule has 0 aliphatic carbocycles. The quantitative estimate of drug-likeness (QED) is 0.827. The highest BCUT2D eigenvalue weighted by Crippen LogP contribution is 2.21. The topological polar surface area (TPSA) is 94.0 Å². The molecule has 0 aliphatic rings. The van der Waals surface area contributed by atoms with Crippen LogP contribution in [0.5, 0.6) is 0 Å². The van der Waals surface area contributed by atoms with Crippen molar-refractivity contribution in [1.82, 2.24) is 15.5 Å². The predicted molar refractivity (Wildman–Crippen MR) is 91.4 cm³/mol. The average Bonchev–Trinajstić information content (AvgIpc) is 2.96. The van der Waals surface area contributed by atoms with E-state index < -0.39 is 0 Å². The Morgan fingerprint density at radius 2 is 2.00 bits per heavy atom. The summed E-state index contributed by atoms with van der Waals surface area (Å²) >= 11 is 5.84. The Morgan fingerprint density at radius 1 is 1.35 bits per heavy atom. The largest absolute Gasteiger partial charge is 0.346 e. The summed E-state index contributed by atoms with van der Waals surface area (Å²) in [6, 6.07) is 6.77. The first-order chi connectivity index (χ1) is 10.5. The molecule has 0 bridgehead atoms. The third-order valence-corrected chi connectivity index (χ3v) is 3.38. The van der Waals surface area contributed by atoms with E-state index in [0.29, 0.717) is 29.6 Å². The van der Waals surface area contributed by atoms with Crippen molar-refractivity contribution in [2.45, 2.75) is 38.8 Å². The van der Waals surface area contributed by atoms with Gasteiger partial charge in [-0.1, -0.05) is 16.8 Å². The van der Waals surface area contributed by atoms with Gasteiger partial charge in [0.05, 0.1) is 6.04 Å². The predicted octanol–water partition coefficient (Wildman–Crippen LogP) is 3.12. The smallest absolute Gasteiger partial charge is 0.257 e. The molecule has 0 saturated heterocycles. The number of amides is 1. The van der Waals surface area contributed by atoms with Crippen molar-refractivity contribution in [3.8, 4) is 11.5 Å². The van der Waals surface area contributed by atoms with Gasteiger partial charge in [0.1, 0.15) is 0 Å². The summed E-state index contributed by atoms with van der Waals surface area (Å²) in [4.78, 5) is 16.1. The van der Waals surface area contributed by atoms with Gasteiger partial charge in [-0.2, -0.15) is 4.98 Å². The molecule has 1 amide bonds. The lowest BCUT2D eigenvalue weighted by Crippen LogP contribution is -2.28. The minimum atomic E-state index is -0.328. The number of rotatable bonds is 6. The molecule has 126 valence electrons. The summed E-state index contributed by atoms with van der Waals surface area (Å²) in [7, 11) is 0. The lowest BCUT2D eigenvalue weighted by molar-refractivity contribution is -0.121. The summed E-state index contributed by atoms with van der Waals surface area (Å²) in [6.07, 6.45) is 1.02. The zero-order chi connectivity index (χ0) is 16.1. The zero-order valence-electron chi connectivity index (χ0n) is 13.0. The molecule has 0 aliphatic heterocycles. The van der Waals surface area contributed by atoms with E-state index >= 15 is 0 Å². The standard InChI is InChI=1S/C15H19ClN4O2.ClH/c1-9(17)3-8-13(21)18-10(2)14-19-15(22-20-14)11-4-6-12(16)7-5-11;/h4-7,9-10H,3,8,17H2,1-2H3,(H,18,21);1H. The lowest BCUT2D eigenvalue weighted by atomic mass is 10.2. The van der Waals surface area contributed by atoms with Gasteiger partial charge in [-0.15, -0.1) is 12.4 Å². The van der Waals surface area contributed by atoms with Crippen molar-refractivity contribution in [3.05, 3.63) is 35.1 Å². The molecule has 1 heterocycles.